The number of amides is 1. The van der Waals surface area contributed by atoms with Crippen molar-refractivity contribution in [1.29, 1.82) is 0 Å². The van der Waals surface area contributed by atoms with E-state index in [0.717, 1.165) is 3.57 Å². The summed E-state index contributed by atoms with van der Waals surface area (Å²) in [5.41, 5.74) is 1.79. The van der Waals surface area contributed by atoms with Crippen LogP contribution < -0.4 is 15.4 Å². The number of hydrogen-bond acceptors (Lipinski definition) is 4. The molecule has 0 spiro atoms. The van der Waals surface area contributed by atoms with Gasteiger partial charge in [-0.3, -0.25) is 14.9 Å². The van der Waals surface area contributed by atoms with Crippen LogP contribution in [-0.4, -0.2) is 23.9 Å². The van der Waals surface area contributed by atoms with Crippen LogP contribution in [0.3, 0.4) is 0 Å². The molecular formula is C17H15IN2O3S. The molecule has 124 valence electrons. The van der Waals surface area contributed by atoms with Crippen molar-refractivity contribution >= 4 is 57.3 Å². The molecule has 0 aliphatic rings. The highest BCUT2D eigenvalue weighted by molar-refractivity contribution is 14.1. The molecule has 0 saturated carbocycles. The third-order valence-corrected chi connectivity index (χ3v) is 4.24. The van der Waals surface area contributed by atoms with Gasteiger partial charge in [0.1, 0.15) is 5.75 Å². The fourth-order valence-electron chi connectivity index (χ4n) is 1.93. The van der Waals surface area contributed by atoms with E-state index in [0.29, 0.717) is 22.6 Å². The van der Waals surface area contributed by atoms with Gasteiger partial charge in [0.2, 0.25) is 0 Å². The Labute approximate surface area is 158 Å². The predicted octanol–water partition coefficient (Wildman–Crippen LogP) is 3.63. The topological polar surface area (TPSA) is 67.4 Å². The van der Waals surface area contributed by atoms with E-state index in [4.69, 9.17) is 17.0 Å². The third kappa shape index (κ3) is 4.75. The molecule has 0 aliphatic heterocycles. The number of carbonyl (C=O) groups is 2. The lowest BCUT2D eigenvalue weighted by Crippen LogP contribution is -2.34. The predicted molar refractivity (Wildman–Crippen MR) is 106 cm³/mol. The Balaban J connectivity index is 2.00. The van der Waals surface area contributed by atoms with Gasteiger partial charge in [-0.2, -0.15) is 0 Å². The van der Waals surface area contributed by atoms with Crippen molar-refractivity contribution in [3.05, 3.63) is 57.2 Å². The molecule has 2 aromatic carbocycles. The Kier molecular flexibility index (Phi) is 6.27. The van der Waals surface area contributed by atoms with E-state index in [1.165, 1.54) is 6.92 Å². The summed E-state index contributed by atoms with van der Waals surface area (Å²) >= 11 is 7.24. The molecule has 0 heterocycles. The molecule has 2 N–H and O–H groups in total. The molecule has 2 rings (SSSR count). The van der Waals surface area contributed by atoms with Crippen LogP contribution in [0.2, 0.25) is 0 Å². The molecule has 0 fully saturated rings. The first-order valence-electron chi connectivity index (χ1n) is 6.97. The fraction of sp³-hybridized carbons (Fsp3) is 0.118. The summed E-state index contributed by atoms with van der Waals surface area (Å²) in [4.78, 5) is 23.5. The van der Waals surface area contributed by atoms with Gasteiger partial charge in [-0.1, -0.05) is 0 Å². The first-order valence-corrected chi connectivity index (χ1v) is 8.46. The summed E-state index contributed by atoms with van der Waals surface area (Å²) in [5.74, 6) is 0.387. The van der Waals surface area contributed by atoms with Gasteiger partial charge in [-0.15, -0.1) is 0 Å². The van der Waals surface area contributed by atoms with E-state index in [1.807, 2.05) is 0 Å². The molecule has 2 aromatic rings. The van der Waals surface area contributed by atoms with Gasteiger partial charge >= 0.3 is 0 Å². The van der Waals surface area contributed by atoms with E-state index in [2.05, 4.69) is 33.2 Å². The zero-order valence-corrected chi connectivity index (χ0v) is 16.0. The number of anilines is 1. The smallest absolute Gasteiger partial charge is 0.257 e. The van der Waals surface area contributed by atoms with Gasteiger partial charge < -0.3 is 10.1 Å². The molecule has 0 aromatic heterocycles. The quantitative estimate of drug-likeness (QED) is 0.420. The zero-order chi connectivity index (χ0) is 17.7. The van der Waals surface area contributed by atoms with Gasteiger partial charge in [0.05, 0.1) is 10.7 Å². The van der Waals surface area contributed by atoms with Gasteiger partial charge in [-0.05, 0) is 84.2 Å². The van der Waals surface area contributed by atoms with E-state index >= 15 is 0 Å². The number of halogens is 1. The highest BCUT2D eigenvalue weighted by Gasteiger charge is 2.10. The van der Waals surface area contributed by atoms with E-state index in [9.17, 15) is 9.59 Å². The molecule has 0 aliphatic carbocycles. The third-order valence-electron chi connectivity index (χ3n) is 3.19. The molecule has 24 heavy (non-hydrogen) atoms. The van der Waals surface area contributed by atoms with Crippen LogP contribution in [-0.2, 0) is 0 Å². The summed E-state index contributed by atoms with van der Waals surface area (Å²) in [6, 6.07) is 12.0. The number of ether oxygens (including phenoxy) is 1. The van der Waals surface area contributed by atoms with Crippen LogP contribution in [0.15, 0.2) is 42.5 Å². The summed E-state index contributed by atoms with van der Waals surface area (Å²) in [7, 11) is 1.58. The van der Waals surface area contributed by atoms with Crippen molar-refractivity contribution in [2.24, 2.45) is 0 Å². The minimum Gasteiger partial charge on any atom is -0.496 e. The summed E-state index contributed by atoms with van der Waals surface area (Å²) < 4.78 is 6.00. The zero-order valence-electron chi connectivity index (χ0n) is 13.1. The molecule has 0 bridgehead atoms. The number of benzene rings is 2. The molecule has 0 saturated heterocycles. The molecule has 0 radical (unpaired) electrons. The normalized spacial score (nSPS) is 9.96. The lowest BCUT2D eigenvalue weighted by atomic mass is 10.1. The standard InChI is InChI=1S/C17H15IN2O3S/c1-10(21)11-3-6-13(7-4-11)19-17(24)20-16(22)12-5-8-15(23-2)14(18)9-12/h3-9H,1-2H3,(H2,19,20,22,24). The maximum atomic E-state index is 12.2. The SMILES string of the molecule is COc1ccc(C(=O)NC(=S)Nc2ccc(C(C)=O)cc2)cc1I. The Morgan fingerprint density at radius 1 is 1.08 bits per heavy atom. The van der Waals surface area contributed by atoms with Crippen LogP contribution in [0.25, 0.3) is 0 Å². The number of hydrogen-bond donors (Lipinski definition) is 2. The summed E-state index contributed by atoms with van der Waals surface area (Å²) in [5, 5.41) is 5.71. The second kappa shape index (κ2) is 8.20. The van der Waals surface area contributed by atoms with Gasteiger partial charge in [0, 0.05) is 16.8 Å². The lowest BCUT2D eigenvalue weighted by Gasteiger charge is -2.11. The van der Waals surface area contributed by atoms with E-state index in [-0.39, 0.29) is 16.8 Å². The number of rotatable bonds is 4. The highest BCUT2D eigenvalue weighted by atomic mass is 127. The Morgan fingerprint density at radius 3 is 2.25 bits per heavy atom. The van der Waals surface area contributed by atoms with E-state index < -0.39 is 0 Å². The number of methoxy groups -OCH3 is 1. The molecular weight excluding hydrogens is 439 g/mol. The average Bonchev–Trinajstić information content (AvgIpc) is 2.55. The van der Waals surface area contributed by atoms with Crippen LogP contribution in [0, 0.1) is 3.57 Å². The van der Waals surface area contributed by atoms with Crippen molar-refractivity contribution in [1.82, 2.24) is 5.32 Å². The minimum atomic E-state index is -0.312. The minimum absolute atomic E-state index is 0.00784. The number of thiocarbonyl (C=S) groups is 1. The van der Waals surface area contributed by atoms with Gasteiger partial charge in [0.15, 0.2) is 10.9 Å². The number of ketones is 1. The lowest BCUT2D eigenvalue weighted by molar-refractivity contribution is 0.0976. The Morgan fingerprint density at radius 2 is 1.71 bits per heavy atom. The fourth-order valence-corrected chi connectivity index (χ4v) is 2.88. The van der Waals surface area contributed by atoms with Crippen molar-refractivity contribution < 1.29 is 14.3 Å². The summed E-state index contributed by atoms with van der Waals surface area (Å²) in [6.45, 7) is 1.50. The van der Waals surface area contributed by atoms with Crippen molar-refractivity contribution in [2.75, 3.05) is 12.4 Å². The Hall–Kier alpha value is -2.00. The van der Waals surface area contributed by atoms with Crippen molar-refractivity contribution in [3.63, 3.8) is 0 Å². The Bertz CT molecular complexity index is 791. The largest absolute Gasteiger partial charge is 0.496 e. The molecule has 5 nitrogen and oxygen atoms in total. The van der Waals surface area contributed by atoms with E-state index in [1.54, 1.807) is 49.6 Å². The number of carbonyl (C=O) groups excluding carboxylic acids is 2. The maximum Gasteiger partial charge on any atom is 0.257 e. The maximum absolute atomic E-state index is 12.2. The average molecular weight is 454 g/mol. The first-order chi connectivity index (χ1) is 11.4. The van der Waals surface area contributed by atoms with Gasteiger partial charge in [-0.25, -0.2) is 0 Å². The second-order valence-corrected chi connectivity index (χ2v) is 6.46. The second-order valence-electron chi connectivity index (χ2n) is 4.89. The summed E-state index contributed by atoms with van der Waals surface area (Å²) in [6.07, 6.45) is 0. The monoisotopic (exact) mass is 454 g/mol. The van der Waals surface area contributed by atoms with Crippen LogP contribution in [0.5, 0.6) is 5.75 Å². The van der Waals surface area contributed by atoms with Crippen molar-refractivity contribution in [3.8, 4) is 5.75 Å². The molecule has 0 unspecified atom stereocenters. The van der Waals surface area contributed by atoms with Crippen LogP contribution >= 0.6 is 34.8 Å². The van der Waals surface area contributed by atoms with Gasteiger partial charge in [0.25, 0.3) is 5.91 Å². The molecule has 0 atom stereocenters. The highest BCUT2D eigenvalue weighted by Crippen LogP contribution is 2.21. The molecule has 1 amide bonds. The molecule has 7 heteroatoms. The van der Waals surface area contributed by atoms with Crippen LogP contribution in [0.1, 0.15) is 27.6 Å². The first kappa shape index (κ1) is 18.3. The number of Topliss-reactive ketones (excluding diaryl/α,β-unsaturated/α-hetero) is 1. The van der Waals surface area contributed by atoms with Crippen molar-refractivity contribution in [2.45, 2.75) is 6.92 Å². The number of nitrogens with one attached hydrogen (secondary N) is 2. The van der Waals surface area contributed by atoms with Crippen LogP contribution in [0.4, 0.5) is 5.69 Å².